The van der Waals surface area contributed by atoms with Gasteiger partial charge in [-0.25, -0.2) is 13.8 Å². The van der Waals surface area contributed by atoms with Gasteiger partial charge in [0.05, 0.1) is 0 Å². The minimum Gasteiger partial charge on any atom is -0.438 e. The third-order valence-corrected chi connectivity index (χ3v) is 5.24. The molecule has 31 heavy (non-hydrogen) atoms. The van der Waals surface area contributed by atoms with Crippen LogP contribution in [-0.2, 0) is 6.54 Å². The maximum atomic E-state index is 14.0. The van der Waals surface area contributed by atoms with Crippen LogP contribution in [0.15, 0.2) is 66.9 Å². The van der Waals surface area contributed by atoms with Crippen LogP contribution >= 0.6 is 0 Å². The number of para-hydroxylation sites is 1. The molecule has 160 valence electrons. The van der Waals surface area contributed by atoms with Gasteiger partial charge in [0, 0.05) is 44.5 Å². The predicted octanol–water partition coefficient (Wildman–Crippen LogP) is 4.50. The molecular weight excluding hydrogens is 400 g/mol. The summed E-state index contributed by atoms with van der Waals surface area (Å²) in [6.07, 6.45) is 2.32. The molecule has 1 aromatic heterocycles. The van der Waals surface area contributed by atoms with Crippen LogP contribution in [0.2, 0.25) is 0 Å². The number of rotatable bonds is 5. The maximum absolute atomic E-state index is 14.0. The molecule has 4 rings (SSSR count). The van der Waals surface area contributed by atoms with E-state index < -0.39 is 11.6 Å². The van der Waals surface area contributed by atoms with Gasteiger partial charge in [-0.3, -0.25) is 9.69 Å². The molecule has 2 heterocycles. The molecule has 0 radical (unpaired) electrons. The van der Waals surface area contributed by atoms with Crippen molar-refractivity contribution in [1.29, 1.82) is 0 Å². The van der Waals surface area contributed by atoms with Crippen molar-refractivity contribution in [3.8, 4) is 11.6 Å². The van der Waals surface area contributed by atoms with E-state index in [-0.39, 0.29) is 11.8 Å². The minimum atomic E-state index is -0.453. The van der Waals surface area contributed by atoms with Crippen molar-refractivity contribution in [1.82, 2.24) is 14.8 Å². The van der Waals surface area contributed by atoms with E-state index in [1.807, 2.05) is 23.1 Å². The fourth-order valence-electron chi connectivity index (χ4n) is 3.64. The average molecular weight is 423 g/mol. The zero-order chi connectivity index (χ0) is 21.6. The largest absolute Gasteiger partial charge is 0.438 e. The van der Waals surface area contributed by atoms with Gasteiger partial charge in [-0.2, -0.15) is 0 Å². The van der Waals surface area contributed by atoms with E-state index in [0.717, 1.165) is 18.6 Å². The highest BCUT2D eigenvalue weighted by molar-refractivity contribution is 5.96. The van der Waals surface area contributed by atoms with Crippen LogP contribution < -0.4 is 4.74 Å². The lowest BCUT2D eigenvalue weighted by molar-refractivity contribution is 0.0757. The Balaban J connectivity index is 1.44. The van der Waals surface area contributed by atoms with E-state index in [0.29, 0.717) is 49.6 Å². The van der Waals surface area contributed by atoms with Crippen LogP contribution in [0.25, 0.3) is 0 Å². The molecule has 1 fully saturated rings. The summed E-state index contributed by atoms with van der Waals surface area (Å²) < 4.78 is 33.3. The Kier molecular flexibility index (Phi) is 6.52. The Morgan fingerprint density at radius 1 is 0.968 bits per heavy atom. The summed E-state index contributed by atoms with van der Waals surface area (Å²) in [5, 5.41) is 0. The quantitative estimate of drug-likeness (QED) is 0.606. The zero-order valence-electron chi connectivity index (χ0n) is 17.0. The van der Waals surface area contributed by atoms with Crippen molar-refractivity contribution in [2.75, 3.05) is 26.2 Å². The number of carbonyl (C=O) groups excluding carboxylic acids is 1. The van der Waals surface area contributed by atoms with E-state index in [1.165, 1.54) is 6.07 Å². The van der Waals surface area contributed by atoms with Gasteiger partial charge in [-0.05, 0) is 48.9 Å². The zero-order valence-corrected chi connectivity index (χ0v) is 17.0. The lowest BCUT2D eigenvalue weighted by atomic mass is 10.2. The highest BCUT2D eigenvalue weighted by Gasteiger charge is 2.24. The van der Waals surface area contributed by atoms with Gasteiger partial charge in [-0.15, -0.1) is 0 Å². The summed E-state index contributed by atoms with van der Waals surface area (Å²) in [7, 11) is 0. The molecule has 0 aliphatic carbocycles. The second-order valence-electron chi connectivity index (χ2n) is 7.43. The topological polar surface area (TPSA) is 45.7 Å². The molecule has 1 saturated heterocycles. The number of carbonyl (C=O) groups is 1. The summed E-state index contributed by atoms with van der Waals surface area (Å²) in [5.74, 6) is -0.156. The van der Waals surface area contributed by atoms with Crippen molar-refractivity contribution in [2.45, 2.75) is 13.0 Å². The second-order valence-corrected chi connectivity index (χ2v) is 7.43. The Morgan fingerprint density at radius 2 is 1.81 bits per heavy atom. The normalized spacial score (nSPS) is 14.8. The average Bonchev–Trinajstić information content (AvgIpc) is 3.02. The molecule has 7 heteroatoms. The number of nitrogens with zero attached hydrogens (tertiary/aromatic N) is 3. The van der Waals surface area contributed by atoms with E-state index in [2.05, 4.69) is 4.98 Å². The molecule has 0 spiro atoms. The van der Waals surface area contributed by atoms with E-state index >= 15 is 0 Å². The highest BCUT2D eigenvalue weighted by atomic mass is 19.1. The Morgan fingerprint density at radius 3 is 2.65 bits per heavy atom. The van der Waals surface area contributed by atoms with Gasteiger partial charge < -0.3 is 9.64 Å². The smallest absolute Gasteiger partial charge is 0.259 e. The molecule has 1 aliphatic heterocycles. The number of benzene rings is 2. The number of amides is 1. The number of hydrogen-bond acceptors (Lipinski definition) is 4. The minimum absolute atomic E-state index is 0.155. The van der Waals surface area contributed by atoms with Crippen LogP contribution in [-0.4, -0.2) is 46.9 Å². The number of aromatic nitrogens is 1. The molecular formula is C24H23F2N3O2. The van der Waals surface area contributed by atoms with Gasteiger partial charge in [0.15, 0.2) is 0 Å². The summed E-state index contributed by atoms with van der Waals surface area (Å²) in [4.78, 5) is 21.2. The van der Waals surface area contributed by atoms with Crippen LogP contribution in [0.1, 0.15) is 22.3 Å². The fourth-order valence-corrected chi connectivity index (χ4v) is 3.64. The molecule has 5 nitrogen and oxygen atoms in total. The molecule has 0 atom stereocenters. The number of hydrogen-bond donors (Lipinski definition) is 0. The summed E-state index contributed by atoms with van der Waals surface area (Å²) in [5.41, 5.74) is 0.724. The van der Waals surface area contributed by atoms with Crippen molar-refractivity contribution in [2.24, 2.45) is 0 Å². The van der Waals surface area contributed by atoms with Crippen molar-refractivity contribution < 1.29 is 18.3 Å². The molecule has 1 aliphatic rings. The van der Waals surface area contributed by atoms with Crippen molar-refractivity contribution >= 4 is 5.91 Å². The molecule has 1 amide bonds. The standard InChI is InChI=1S/C24H23F2N3O2/c25-19-9-10-22(26)18(16-19)17-28-12-5-13-29(15-14-28)24(30)21-8-4-11-27-23(21)31-20-6-2-1-3-7-20/h1-4,6-11,16H,5,12-15,17H2. The molecule has 0 N–H and O–H groups in total. The van der Waals surface area contributed by atoms with Crippen LogP contribution in [0.5, 0.6) is 11.6 Å². The monoisotopic (exact) mass is 423 g/mol. The Hall–Kier alpha value is -3.32. The van der Waals surface area contributed by atoms with Crippen LogP contribution in [0.4, 0.5) is 8.78 Å². The second kappa shape index (κ2) is 9.66. The van der Waals surface area contributed by atoms with Crippen molar-refractivity contribution in [3.05, 3.63) is 89.6 Å². The van der Waals surface area contributed by atoms with E-state index in [4.69, 9.17) is 4.74 Å². The Labute approximate surface area is 179 Å². The van der Waals surface area contributed by atoms with Gasteiger partial charge in [-0.1, -0.05) is 18.2 Å². The summed E-state index contributed by atoms with van der Waals surface area (Å²) in [6.45, 7) is 2.62. The first-order chi connectivity index (χ1) is 15.1. The molecule has 0 bridgehead atoms. The van der Waals surface area contributed by atoms with Crippen LogP contribution in [0.3, 0.4) is 0 Å². The van der Waals surface area contributed by atoms with E-state index in [1.54, 1.807) is 35.4 Å². The molecule has 3 aromatic rings. The molecule has 0 saturated carbocycles. The van der Waals surface area contributed by atoms with Gasteiger partial charge >= 0.3 is 0 Å². The summed E-state index contributed by atoms with van der Waals surface area (Å²) in [6, 6.07) is 16.1. The lowest BCUT2D eigenvalue weighted by Crippen LogP contribution is -2.35. The highest BCUT2D eigenvalue weighted by Crippen LogP contribution is 2.24. The number of ether oxygens (including phenoxy) is 1. The number of halogens is 2. The van der Waals surface area contributed by atoms with Gasteiger partial charge in [0.25, 0.3) is 5.91 Å². The predicted molar refractivity (Wildman–Crippen MR) is 113 cm³/mol. The fraction of sp³-hybridized carbons (Fsp3) is 0.250. The first-order valence-electron chi connectivity index (χ1n) is 10.2. The first kappa shape index (κ1) is 20.9. The van der Waals surface area contributed by atoms with Gasteiger partial charge in [0.1, 0.15) is 22.9 Å². The lowest BCUT2D eigenvalue weighted by Gasteiger charge is -2.23. The van der Waals surface area contributed by atoms with E-state index in [9.17, 15) is 13.6 Å². The molecule has 2 aromatic carbocycles. The Bertz CT molecular complexity index is 1050. The first-order valence-corrected chi connectivity index (χ1v) is 10.2. The van der Waals surface area contributed by atoms with Crippen molar-refractivity contribution in [3.63, 3.8) is 0 Å². The third kappa shape index (κ3) is 5.24. The molecule has 0 unspecified atom stereocenters. The van der Waals surface area contributed by atoms with Gasteiger partial charge in [0.2, 0.25) is 5.88 Å². The SMILES string of the molecule is O=C(c1cccnc1Oc1ccccc1)N1CCCN(Cc2cc(F)ccc2F)CC1. The summed E-state index contributed by atoms with van der Waals surface area (Å²) >= 11 is 0. The maximum Gasteiger partial charge on any atom is 0.259 e. The third-order valence-electron chi connectivity index (χ3n) is 5.24. The number of pyridine rings is 1. The van der Waals surface area contributed by atoms with Crippen LogP contribution in [0, 0.1) is 11.6 Å².